The molecular weight excluding hydrogens is 264 g/mol. The molecule has 0 amide bonds. The second-order valence-electron chi connectivity index (χ2n) is 4.21. The number of aryl methyl sites for hydroxylation is 1. The first kappa shape index (κ1) is 13.6. The van der Waals surface area contributed by atoms with Gasteiger partial charge in [-0.2, -0.15) is 0 Å². The summed E-state index contributed by atoms with van der Waals surface area (Å²) in [6.07, 6.45) is 0.951. The molecule has 2 rings (SSSR count). The van der Waals surface area contributed by atoms with Crippen molar-refractivity contribution >= 4 is 23.1 Å². The van der Waals surface area contributed by atoms with Crippen molar-refractivity contribution in [1.82, 2.24) is 14.8 Å². The lowest BCUT2D eigenvalue weighted by atomic mass is 10.1. The molecule has 0 aliphatic rings. The Morgan fingerprint density at radius 3 is 2.78 bits per heavy atom. The van der Waals surface area contributed by atoms with Gasteiger partial charge in [-0.05, 0) is 24.8 Å². The molecule has 2 aromatic heterocycles. The van der Waals surface area contributed by atoms with Crippen LogP contribution in [0.5, 0.6) is 0 Å². The highest BCUT2D eigenvalue weighted by Crippen LogP contribution is 2.39. The molecule has 0 saturated heterocycles. The zero-order chi connectivity index (χ0) is 13.1. The Morgan fingerprint density at radius 1 is 1.50 bits per heavy atom. The molecular formula is C12H18N4S2. The van der Waals surface area contributed by atoms with E-state index in [0.29, 0.717) is 0 Å². The van der Waals surface area contributed by atoms with E-state index >= 15 is 0 Å². The van der Waals surface area contributed by atoms with Crippen molar-refractivity contribution in [3.8, 4) is 0 Å². The third kappa shape index (κ3) is 2.76. The third-order valence-electron chi connectivity index (χ3n) is 2.97. The number of hydrogen-bond donors (Lipinski definition) is 1. The van der Waals surface area contributed by atoms with Crippen molar-refractivity contribution in [2.75, 3.05) is 0 Å². The van der Waals surface area contributed by atoms with Gasteiger partial charge in [0.25, 0.3) is 0 Å². The van der Waals surface area contributed by atoms with Crippen molar-refractivity contribution in [2.45, 2.75) is 36.7 Å². The van der Waals surface area contributed by atoms with Crippen LogP contribution in [0.3, 0.4) is 0 Å². The number of nitrogens with two attached hydrogens (primary N) is 1. The lowest BCUT2D eigenvalue weighted by molar-refractivity contribution is 0.635. The average molecular weight is 282 g/mol. The first-order chi connectivity index (χ1) is 8.63. The maximum atomic E-state index is 6.24. The van der Waals surface area contributed by atoms with Crippen LogP contribution in [-0.4, -0.2) is 20.8 Å². The molecule has 0 spiro atoms. The van der Waals surface area contributed by atoms with E-state index in [9.17, 15) is 0 Å². The Hall–Kier alpha value is -0.850. The SMILES string of the molecule is CCC(N)C(Sc1nnc(C)n1C)c1cccs1. The Morgan fingerprint density at radius 2 is 2.28 bits per heavy atom. The molecule has 6 heteroatoms. The van der Waals surface area contributed by atoms with E-state index in [-0.39, 0.29) is 11.3 Å². The molecule has 2 aromatic rings. The van der Waals surface area contributed by atoms with Crippen LogP contribution in [0.15, 0.2) is 22.7 Å². The molecule has 0 aliphatic heterocycles. The van der Waals surface area contributed by atoms with Gasteiger partial charge in [-0.25, -0.2) is 0 Å². The second kappa shape index (κ2) is 5.86. The number of thiophene rings is 1. The quantitative estimate of drug-likeness (QED) is 0.857. The van der Waals surface area contributed by atoms with E-state index in [1.807, 2.05) is 18.5 Å². The molecule has 0 aliphatic carbocycles. The summed E-state index contributed by atoms with van der Waals surface area (Å²) < 4.78 is 2.01. The van der Waals surface area contributed by atoms with Gasteiger partial charge < -0.3 is 10.3 Å². The van der Waals surface area contributed by atoms with Crippen molar-refractivity contribution in [2.24, 2.45) is 12.8 Å². The minimum absolute atomic E-state index is 0.130. The average Bonchev–Trinajstić information content (AvgIpc) is 2.99. The molecule has 18 heavy (non-hydrogen) atoms. The summed E-state index contributed by atoms with van der Waals surface area (Å²) in [6.45, 7) is 4.07. The van der Waals surface area contributed by atoms with E-state index in [4.69, 9.17) is 5.73 Å². The molecule has 2 heterocycles. The number of thioether (sulfide) groups is 1. The molecule has 0 radical (unpaired) electrons. The first-order valence-corrected chi connectivity index (χ1v) is 7.71. The van der Waals surface area contributed by atoms with E-state index in [1.54, 1.807) is 23.1 Å². The number of hydrogen-bond acceptors (Lipinski definition) is 5. The normalized spacial score (nSPS) is 14.7. The van der Waals surface area contributed by atoms with Gasteiger partial charge in [-0.3, -0.25) is 0 Å². The zero-order valence-corrected chi connectivity index (χ0v) is 12.5. The molecule has 0 bridgehead atoms. The van der Waals surface area contributed by atoms with Gasteiger partial charge in [0.05, 0.1) is 5.25 Å². The van der Waals surface area contributed by atoms with E-state index in [0.717, 1.165) is 17.4 Å². The highest BCUT2D eigenvalue weighted by Gasteiger charge is 2.23. The zero-order valence-electron chi connectivity index (χ0n) is 10.8. The molecule has 4 nitrogen and oxygen atoms in total. The maximum Gasteiger partial charge on any atom is 0.191 e. The molecule has 0 aromatic carbocycles. The van der Waals surface area contributed by atoms with Gasteiger partial charge in [-0.15, -0.1) is 21.5 Å². The summed E-state index contributed by atoms with van der Waals surface area (Å²) in [5.74, 6) is 0.924. The lowest BCUT2D eigenvalue weighted by Gasteiger charge is -2.20. The monoisotopic (exact) mass is 282 g/mol. The van der Waals surface area contributed by atoms with Gasteiger partial charge >= 0.3 is 0 Å². The second-order valence-corrected chi connectivity index (χ2v) is 6.30. The van der Waals surface area contributed by atoms with Crippen molar-refractivity contribution in [3.63, 3.8) is 0 Å². The third-order valence-corrected chi connectivity index (χ3v) is 5.50. The van der Waals surface area contributed by atoms with Crippen LogP contribution in [0.4, 0.5) is 0 Å². The summed E-state index contributed by atoms with van der Waals surface area (Å²) in [5, 5.41) is 11.6. The molecule has 2 unspecified atom stereocenters. The van der Waals surface area contributed by atoms with E-state index in [1.165, 1.54) is 4.88 Å². The van der Waals surface area contributed by atoms with Crippen LogP contribution in [0.25, 0.3) is 0 Å². The van der Waals surface area contributed by atoms with Gasteiger partial charge in [0.15, 0.2) is 5.16 Å². The van der Waals surface area contributed by atoms with Gasteiger partial charge in [0.1, 0.15) is 5.82 Å². The van der Waals surface area contributed by atoms with Crippen LogP contribution >= 0.6 is 23.1 Å². The summed E-state index contributed by atoms with van der Waals surface area (Å²) in [6, 6.07) is 4.34. The van der Waals surface area contributed by atoms with Crippen LogP contribution < -0.4 is 5.73 Å². The van der Waals surface area contributed by atoms with Crippen molar-refractivity contribution < 1.29 is 0 Å². The highest BCUT2D eigenvalue weighted by molar-refractivity contribution is 7.99. The fourth-order valence-electron chi connectivity index (χ4n) is 1.63. The Balaban J connectivity index is 2.23. The molecule has 2 N–H and O–H groups in total. The summed E-state index contributed by atoms with van der Waals surface area (Å²) in [5.41, 5.74) is 6.24. The first-order valence-electron chi connectivity index (χ1n) is 5.95. The van der Waals surface area contributed by atoms with Crippen LogP contribution in [0.1, 0.15) is 29.3 Å². The smallest absolute Gasteiger partial charge is 0.191 e. The van der Waals surface area contributed by atoms with E-state index in [2.05, 4.69) is 34.6 Å². The fraction of sp³-hybridized carbons (Fsp3) is 0.500. The molecule has 0 fully saturated rings. The topological polar surface area (TPSA) is 56.7 Å². The van der Waals surface area contributed by atoms with Gasteiger partial charge in [-0.1, -0.05) is 24.8 Å². The number of rotatable bonds is 5. The van der Waals surface area contributed by atoms with Crippen LogP contribution in [-0.2, 0) is 7.05 Å². The predicted molar refractivity (Wildman–Crippen MR) is 76.9 cm³/mol. The number of aromatic nitrogens is 3. The standard InChI is InChI=1S/C12H18N4S2/c1-4-9(13)11(10-6-5-7-17-10)18-12-15-14-8(2)16(12)3/h5-7,9,11H,4,13H2,1-3H3. The maximum absolute atomic E-state index is 6.24. The fourth-order valence-corrected chi connectivity index (χ4v) is 3.89. The minimum Gasteiger partial charge on any atom is -0.326 e. The minimum atomic E-state index is 0.130. The van der Waals surface area contributed by atoms with Gasteiger partial charge in [0, 0.05) is 18.0 Å². The highest BCUT2D eigenvalue weighted by atomic mass is 32.2. The van der Waals surface area contributed by atoms with Crippen molar-refractivity contribution in [3.05, 3.63) is 28.2 Å². The summed E-state index contributed by atoms with van der Waals surface area (Å²) >= 11 is 3.45. The van der Waals surface area contributed by atoms with E-state index < -0.39 is 0 Å². The van der Waals surface area contributed by atoms with Crippen LogP contribution in [0, 0.1) is 6.92 Å². The number of nitrogens with zero attached hydrogens (tertiary/aromatic N) is 3. The Labute approximate surface area is 116 Å². The summed E-state index contributed by atoms with van der Waals surface area (Å²) in [4.78, 5) is 1.30. The molecule has 0 saturated carbocycles. The largest absolute Gasteiger partial charge is 0.326 e. The lowest BCUT2D eigenvalue weighted by Crippen LogP contribution is -2.25. The Kier molecular flexibility index (Phi) is 4.42. The van der Waals surface area contributed by atoms with Crippen LogP contribution in [0.2, 0.25) is 0 Å². The molecule has 2 atom stereocenters. The Bertz CT molecular complexity index is 492. The van der Waals surface area contributed by atoms with Crippen molar-refractivity contribution in [1.29, 1.82) is 0 Å². The summed E-state index contributed by atoms with van der Waals surface area (Å²) in [7, 11) is 1.99. The predicted octanol–water partition coefficient (Wildman–Crippen LogP) is 2.76. The molecule has 98 valence electrons. The van der Waals surface area contributed by atoms with Gasteiger partial charge in [0.2, 0.25) is 0 Å².